The van der Waals surface area contributed by atoms with Gasteiger partial charge in [-0.25, -0.2) is 0 Å². The molecule has 2 aliphatic heterocycles. The van der Waals surface area contributed by atoms with Crippen molar-refractivity contribution >= 4 is 5.69 Å². The standard InChI is InChI=1S/C14H20N2O/c1-16-8-11(9-16)10-17-13-6-2-4-12-5-3-7-15-14(12)13/h2,4,6,11,15H,3,5,7-10H2,1H3. The normalized spacial score (nSPS) is 20.3. The zero-order chi connectivity index (χ0) is 11.7. The Morgan fingerprint density at radius 1 is 1.41 bits per heavy atom. The number of hydrogen-bond acceptors (Lipinski definition) is 3. The van der Waals surface area contributed by atoms with Crippen LogP contribution in [0, 0.1) is 5.92 Å². The number of fused-ring (bicyclic) bond motifs is 1. The lowest BCUT2D eigenvalue weighted by Gasteiger charge is -2.36. The first kappa shape index (κ1) is 10.9. The van der Waals surface area contributed by atoms with Crippen LogP contribution in [-0.2, 0) is 6.42 Å². The van der Waals surface area contributed by atoms with E-state index in [2.05, 4.69) is 35.5 Å². The van der Waals surface area contributed by atoms with Gasteiger partial charge >= 0.3 is 0 Å². The summed E-state index contributed by atoms with van der Waals surface area (Å²) in [5, 5.41) is 3.46. The van der Waals surface area contributed by atoms with Crippen molar-refractivity contribution in [2.45, 2.75) is 12.8 Å². The minimum atomic E-state index is 0.708. The van der Waals surface area contributed by atoms with Gasteiger partial charge in [0.05, 0.1) is 12.3 Å². The van der Waals surface area contributed by atoms with Gasteiger partial charge in [0.15, 0.2) is 0 Å². The van der Waals surface area contributed by atoms with E-state index in [0.29, 0.717) is 5.92 Å². The molecule has 1 saturated heterocycles. The summed E-state index contributed by atoms with van der Waals surface area (Å²) < 4.78 is 5.97. The number of anilines is 1. The van der Waals surface area contributed by atoms with E-state index in [-0.39, 0.29) is 0 Å². The van der Waals surface area contributed by atoms with Crippen molar-refractivity contribution in [3.8, 4) is 5.75 Å². The number of likely N-dealkylation sites (tertiary alicyclic amines) is 1. The Morgan fingerprint density at radius 2 is 2.29 bits per heavy atom. The lowest BCUT2D eigenvalue weighted by molar-refractivity contribution is 0.0860. The smallest absolute Gasteiger partial charge is 0.142 e. The molecule has 1 aromatic carbocycles. The topological polar surface area (TPSA) is 24.5 Å². The highest BCUT2D eigenvalue weighted by molar-refractivity contribution is 5.63. The van der Waals surface area contributed by atoms with E-state index in [1.807, 2.05) is 0 Å². The number of ether oxygens (including phenoxy) is 1. The van der Waals surface area contributed by atoms with Crippen LogP contribution < -0.4 is 10.1 Å². The number of hydrogen-bond donors (Lipinski definition) is 1. The fourth-order valence-electron chi connectivity index (χ4n) is 2.74. The molecule has 0 unspecified atom stereocenters. The number of rotatable bonds is 3. The van der Waals surface area contributed by atoms with Crippen LogP contribution >= 0.6 is 0 Å². The molecule has 0 amide bonds. The molecule has 1 fully saturated rings. The molecular weight excluding hydrogens is 212 g/mol. The highest BCUT2D eigenvalue weighted by Crippen LogP contribution is 2.32. The second kappa shape index (κ2) is 4.57. The summed E-state index contributed by atoms with van der Waals surface area (Å²) in [6, 6.07) is 6.39. The predicted octanol–water partition coefficient (Wildman–Crippen LogP) is 1.99. The summed E-state index contributed by atoms with van der Waals surface area (Å²) in [7, 11) is 2.16. The van der Waals surface area contributed by atoms with E-state index >= 15 is 0 Å². The number of para-hydroxylation sites is 1. The van der Waals surface area contributed by atoms with Crippen molar-refractivity contribution in [1.29, 1.82) is 0 Å². The Balaban J connectivity index is 1.66. The predicted molar refractivity (Wildman–Crippen MR) is 69.7 cm³/mol. The van der Waals surface area contributed by atoms with E-state index in [0.717, 1.165) is 18.9 Å². The molecule has 3 rings (SSSR count). The summed E-state index contributed by atoms with van der Waals surface area (Å²) in [5.41, 5.74) is 2.63. The molecule has 0 bridgehead atoms. The van der Waals surface area contributed by atoms with Gasteiger partial charge in [-0.2, -0.15) is 0 Å². The van der Waals surface area contributed by atoms with Crippen LogP contribution in [-0.4, -0.2) is 38.2 Å². The van der Waals surface area contributed by atoms with E-state index in [1.165, 1.54) is 37.2 Å². The zero-order valence-corrected chi connectivity index (χ0v) is 10.4. The van der Waals surface area contributed by atoms with Crippen LogP contribution in [0.15, 0.2) is 18.2 Å². The molecule has 2 aliphatic rings. The average Bonchev–Trinajstić information content (AvgIpc) is 2.33. The number of nitrogens with one attached hydrogen (secondary N) is 1. The number of nitrogens with zero attached hydrogens (tertiary/aromatic N) is 1. The van der Waals surface area contributed by atoms with Crippen LogP contribution in [0.3, 0.4) is 0 Å². The second-order valence-electron chi connectivity index (χ2n) is 5.22. The maximum Gasteiger partial charge on any atom is 0.142 e. The van der Waals surface area contributed by atoms with Crippen LogP contribution in [0.4, 0.5) is 5.69 Å². The molecule has 0 atom stereocenters. The van der Waals surface area contributed by atoms with Crippen molar-refractivity contribution in [2.75, 3.05) is 38.6 Å². The van der Waals surface area contributed by atoms with Crippen molar-refractivity contribution in [1.82, 2.24) is 4.90 Å². The van der Waals surface area contributed by atoms with Crippen molar-refractivity contribution in [3.05, 3.63) is 23.8 Å². The first-order valence-electron chi connectivity index (χ1n) is 6.50. The molecular formula is C14H20N2O. The van der Waals surface area contributed by atoms with E-state index in [1.54, 1.807) is 0 Å². The third-order valence-electron chi connectivity index (χ3n) is 3.65. The van der Waals surface area contributed by atoms with Crippen LogP contribution in [0.1, 0.15) is 12.0 Å². The van der Waals surface area contributed by atoms with Gasteiger partial charge < -0.3 is 15.0 Å². The Kier molecular flexibility index (Phi) is 2.93. The highest BCUT2D eigenvalue weighted by atomic mass is 16.5. The van der Waals surface area contributed by atoms with Gasteiger partial charge in [-0.1, -0.05) is 12.1 Å². The molecule has 0 aliphatic carbocycles. The van der Waals surface area contributed by atoms with Crippen molar-refractivity contribution in [3.63, 3.8) is 0 Å². The fraction of sp³-hybridized carbons (Fsp3) is 0.571. The molecule has 3 heteroatoms. The van der Waals surface area contributed by atoms with Crippen molar-refractivity contribution < 1.29 is 4.74 Å². The SMILES string of the molecule is CN1CC(COc2cccc3c2NCCC3)C1. The molecule has 0 saturated carbocycles. The van der Waals surface area contributed by atoms with Crippen LogP contribution in [0.25, 0.3) is 0 Å². The summed E-state index contributed by atoms with van der Waals surface area (Å²) in [6.45, 7) is 4.26. The lowest BCUT2D eigenvalue weighted by Crippen LogP contribution is -2.46. The Labute approximate surface area is 103 Å². The largest absolute Gasteiger partial charge is 0.491 e. The molecule has 3 nitrogen and oxygen atoms in total. The minimum Gasteiger partial charge on any atom is -0.491 e. The molecule has 1 aromatic rings. The summed E-state index contributed by atoms with van der Waals surface area (Å²) in [5.74, 6) is 1.75. The molecule has 0 spiro atoms. The minimum absolute atomic E-state index is 0.708. The molecule has 2 heterocycles. The van der Waals surface area contributed by atoms with Gasteiger partial charge in [0.2, 0.25) is 0 Å². The van der Waals surface area contributed by atoms with Gasteiger partial charge in [-0.3, -0.25) is 0 Å². The van der Waals surface area contributed by atoms with E-state index in [9.17, 15) is 0 Å². The Morgan fingerprint density at radius 3 is 3.12 bits per heavy atom. The van der Waals surface area contributed by atoms with E-state index in [4.69, 9.17) is 4.74 Å². The molecule has 17 heavy (non-hydrogen) atoms. The van der Waals surface area contributed by atoms with E-state index < -0.39 is 0 Å². The Bertz CT molecular complexity index is 399. The third kappa shape index (κ3) is 2.25. The zero-order valence-electron chi connectivity index (χ0n) is 10.4. The summed E-state index contributed by atoms with van der Waals surface area (Å²) in [4.78, 5) is 2.33. The molecule has 0 radical (unpaired) electrons. The van der Waals surface area contributed by atoms with Crippen molar-refractivity contribution in [2.24, 2.45) is 5.92 Å². The monoisotopic (exact) mass is 232 g/mol. The number of benzene rings is 1. The van der Waals surface area contributed by atoms with Gasteiger partial charge in [-0.15, -0.1) is 0 Å². The maximum atomic E-state index is 5.97. The van der Waals surface area contributed by atoms with Crippen LogP contribution in [0.2, 0.25) is 0 Å². The maximum absolute atomic E-state index is 5.97. The highest BCUT2D eigenvalue weighted by Gasteiger charge is 2.24. The first-order chi connectivity index (χ1) is 8.33. The van der Waals surface area contributed by atoms with Crippen LogP contribution in [0.5, 0.6) is 5.75 Å². The third-order valence-corrected chi connectivity index (χ3v) is 3.65. The van der Waals surface area contributed by atoms with Gasteiger partial charge in [-0.05, 0) is 31.5 Å². The molecule has 0 aromatic heterocycles. The Hall–Kier alpha value is -1.22. The second-order valence-corrected chi connectivity index (χ2v) is 5.22. The summed E-state index contributed by atoms with van der Waals surface area (Å²) in [6.07, 6.45) is 2.40. The molecule has 1 N–H and O–H groups in total. The summed E-state index contributed by atoms with van der Waals surface area (Å²) >= 11 is 0. The fourth-order valence-corrected chi connectivity index (χ4v) is 2.74. The quantitative estimate of drug-likeness (QED) is 0.862. The van der Waals surface area contributed by atoms with Gasteiger partial charge in [0, 0.05) is 25.6 Å². The van der Waals surface area contributed by atoms with Gasteiger partial charge in [0.1, 0.15) is 5.75 Å². The average molecular weight is 232 g/mol. The lowest BCUT2D eigenvalue weighted by atomic mass is 10.0. The first-order valence-corrected chi connectivity index (χ1v) is 6.50. The van der Waals surface area contributed by atoms with Gasteiger partial charge in [0.25, 0.3) is 0 Å². The number of aryl methyl sites for hydroxylation is 1. The molecule has 92 valence electrons.